The van der Waals surface area contributed by atoms with Gasteiger partial charge in [-0.15, -0.1) is 0 Å². The molecule has 1 aromatic rings. The van der Waals surface area contributed by atoms with Crippen LogP contribution in [0.4, 0.5) is 0 Å². The van der Waals surface area contributed by atoms with Gasteiger partial charge in [0, 0.05) is 30.1 Å². The molecule has 3 N–H and O–H groups in total. The minimum Gasteiger partial charge on any atom is -0.369 e. The molecule has 1 aliphatic heterocycles. The van der Waals surface area contributed by atoms with Gasteiger partial charge in [-0.25, -0.2) is 0 Å². The monoisotopic (exact) mass is 359 g/mol. The van der Waals surface area contributed by atoms with Crippen molar-refractivity contribution in [2.75, 3.05) is 19.6 Å². The number of benzene rings is 1. The average molecular weight is 361 g/mol. The van der Waals surface area contributed by atoms with Gasteiger partial charge in [0.2, 0.25) is 5.91 Å². The number of amides is 1. The molecule has 1 aromatic carbocycles. The predicted molar refractivity (Wildman–Crippen MR) is 84.6 cm³/mol. The van der Waals surface area contributed by atoms with E-state index in [9.17, 15) is 4.79 Å². The SMILES string of the molecule is NC(=O)CN1CCC(NCc2ccc(Cl)c(Br)c2)CC1. The minimum atomic E-state index is -0.248. The number of primary amides is 1. The summed E-state index contributed by atoms with van der Waals surface area (Å²) in [4.78, 5) is 13.0. The van der Waals surface area contributed by atoms with Gasteiger partial charge in [0.05, 0.1) is 11.6 Å². The lowest BCUT2D eigenvalue weighted by molar-refractivity contribution is -0.119. The fraction of sp³-hybridized carbons (Fsp3) is 0.500. The van der Waals surface area contributed by atoms with E-state index in [4.69, 9.17) is 17.3 Å². The number of rotatable bonds is 5. The molecule has 1 heterocycles. The summed E-state index contributed by atoms with van der Waals surface area (Å²) in [6.45, 7) is 3.04. The first-order chi connectivity index (χ1) is 9.54. The lowest BCUT2D eigenvalue weighted by Gasteiger charge is -2.31. The molecule has 4 nitrogen and oxygen atoms in total. The summed E-state index contributed by atoms with van der Waals surface area (Å²) in [6, 6.07) is 6.46. The minimum absolute atomic E-state index is 0.248. The highest BCUT2D eigenvalue weighted by Crippen LogP contribution is 2.23. The topological polar surface area (TPSA) is 58.4 Å². The van der Waals surface area contributed by atoms with Crippen LogP contribution in [0.3, 0.4) is 0 Å². The Morgan fingerprint density at radius 1 is 1.45 bits per heavy atom. The van der Waals surface area contributed by atoms with Crippen LogP contribution in [-0.2, 0) is 11.3 Å². The number of hydrogen-bond donors (Lipinski definition) is 2. The van der Waals surface area contributed by atoms with E-state index in [0.29, 0.717) is 12.6 Å². The molecule has 6 heteroatoms. The van der Waals surface area contributed by atoms with Crippen molar-refractivity contribution in [2.24, 2.45) is 5.73 Å². The fourth-order valence-corrected chi connectivity index (χ4v) is 2.97. The van der Waals surface area contributed by atoms with E-state index in [0.717, 1.165) is 42.0 Å². The van der Waals surface area contributed by atoms with Crippen LogP contribution in [-0.4, -0.2) is 36.5 Å². The summed E-state index contributed by atoms with van der Waals surface area (Å²) in [7, 11) is 0. The first-order valence-electron chi connectivity index (χ1n) is 6.72. The van der Waals surface area contributed by atoms with Crippen LogP contribution in [0, 0.1) is 0 Å². The van der Waals surface area contributed by atoms with Gasteiger partial charge in [0.25, 0.3) is 0 Å². The molecule has 1 amide bonds. The molecule has 1 fully saturated rings. The predicted octanol–water partition coefficient (Wildman–Crippen LogP) is 2.14. The van der Waals surface area contributed by atoms with Gasteiger partial charge in [0.1, 0.15) is 0 Å². The molecular formula is C14H19BrClN3O. The number of likely N-dealkylation sites (tertiary alicyclic amines) is 1. The maximum absolute atomic E-state index is 10.9. The molecule has 0 unspecified atom stereocenters. The second kappa shape index (κ2) is 7.41. The molecule has 0 atom stereocenters. The molecule has 1 aliphatic rings. The standard InChI is InChI=1S/C14H19BrClN3O/c15-12-7-10(1-2-13(12)16)8-18-11-3-5-19(6-4-11)9-14(17)20/h1-2,7,11,18H,3-6,8-9H2,(H2,17,20). The number of piperidine rings is 1. The number of carbonyl (C=O) groups is 1. The van der Waals surface area contributed by atoms with E-state index < -0.39 is 0 Å². The summed E-state index contributed by atoms with van der Waals surface area (Å²) < 4.78 is 0.926. The Hall–Kier alpha value is -0.620. The first-order valence-corrected chi connectivity index (χ1v) is 7.89. The quantitative estimate of drug-likeness (QED) is 0.846. The van der Waals surface area contributed by atoms with Gasteiger partial charge < -0.3 is 11.1 Å². The third-order valence-electron chi connectivity index (χ3n) is 3.55. The van der Waals surface area contributed by atoms with Crippen molar-refractivity contribution in [1.29, 1.82) is 0 Å². The molecule has 20 heavy (non-hydrogen) atoms. The van der Waals surface area contributed by atoms with Gasteiger partial charge in [-0.3, -0.25) is 9.69 Å². The Morgan fingerprint density at radius 3 is 2.75 bits per heavy atom. The Balaban J connectivity index is 1.75. The number of halogens is 2. The lowest BCUT2D eigenvalue weighted by atomic mass is 10.0. The van der Waals surface area contributed by atoms with E-state index in [2.05, 4.69) is 26.1 Å². The van der Waals surface area contributed by atoms with E-state index in [1.807, 2.05) is 18.2 Å². The van der Waals surface area contributed by atoms with Crippen LogP contribution in [0.25, 0.3) is 0 Å². The van der Waals surface area contributed by atoms with Gasteiger partial charge in [-0.1, -0.05) is 17.7 Å². The third-order valence-corrected chi connectivity index (χ3v) is 4.76. The van der Waals surface area contributed by atoms with Crippen molar-refractivity contribution in [3.63, 3.8) is 0 Å². The number of nitrogens with zero attached hydrogens (tertiary/aromatic N) is 1. The molecule has 2 rings (SSSR count). The summed E-state index contributed by atoms with van der Waals surface area (Å²) in [5, 5.41) is 4.28. The van der Waals surface area contributed by atoms with E-state index >= 15 is 0 Å². The molecule has 0 bridgehead atoms. The van der Waals surface area contributed by atoms with Crippen LogP contribution in [0.15, 0.2) is 22.7 Å². The van der Waals surface area contributed by atoms with E-state index in [-0.39, 0.29) is 5.91 Å². The molecule has 0 spiro atoms. The number of nitrogens with one attached hydrogen (secondary N) is 1. The first kappa shape index (κ1) is 15.8. The molecule has 0 aromatic heterocycles. The van der Waals surface area contributed by atoms with Crippen molar-refractivity contribution >= 4 is 33.4 Å². The second-order valence-electron chi connectivity index (χ2n) is 5.15. The normalized spacial score (nSPS) is 17.3. The van der Waals surface area contributed by atoms with Crippen molar-refractivity contribution in [3.05, 3.63) is 33.3 Å². The molecule has 110 valence electrons. The van der Waals surface area contributed by atoms with Crippen LogP contribution >= 0.6 is 27.5 Å². The van der Waals surface area contributed by atoms with E-state index in [1.165, 1.54) is 5.56 Å². The van der Waals surface area contributed by atoms with E-state index in [1.54, 1.807) is 0 Å². The maximum Gasteiger partial charge on any atom is 0.231 e. The largest absolute Gasteiger partial charge is 0.369 e. The zero-order chi connectivity index (χ0) is 14.5. The van der Waals surface area contributed by atoms with Crippen LogP contribution in [0.5, 0.6) is 0 Å². The lowest BCUT2D eigenvalue weighted by Crippen LogP contribution is -2.45. The maximum atomic E-state index is 10.9. The highest BCUT2D eigenvalue weighted by atomic mass is 79.9. The van der Waals surface area contributed by atoms with Crippen LogP contribution in [0.2, 0.25) is 5.02 Å². The highest BCUT2D eigenvalue weighted by Gasteiger charge is 2.19. The molecule has 1 saturated heterocycles. The Labute approximate surface area is 132 Å². The van der Waals surface area contributed by atoms with Gasteiger partial charge in [0.15, 0.2) is 0 Å². The zero-order valence-corrected chi connectivity index (χ0v) is 13.6. The van der Waals surface area contributed by atoms with Crippen molar-refractivity contribution < 1.29 is 4.79 Å². The van der Waals surface area contributed by atoms with Gasteiger partial charge in [-0.05, 0) is 46.5 Å². The third kappa shape index (κ3) is 4.74. The zero-order valence-electron chi connectivity index (χ0n) is 11.2. The average Bonchev–Trinajstić information content (AvgIpc) is 2.41. The van der Waals surface area contributed by atoms with Crippen LogP contribution in [0.1, 0.15) is 18.4 Å². The van der Waals surface area contributed by atoms with Gasteiger partial charge in [-0.2, -0.15) is 0 Å². The van der Waals surface area contributed by atoms with Crippen molar-refractivity contribution in [3.8, 4) is 0 Å². The Kier molecular flexibility index (Phi) is 5.84. The smallest absolute Gasteiger partial charge is 0.231 e. The fourth-order valence-electron chi connectivity index (χ4n) is 2.43. The van der Waals surface area contributed by atoms with Gasteiger partial charge >= 0.3 is 0 Å². The Bertz CT molecular complexity index is 475. The molecular weight excluding hydrogens is 342 g/mol. The van der Waals surface area contributed by atoms with Crippen molar-refractivity contribution in [1.82, 2.24) is 10.2 Å². The van der Waals surface area contributed by atoms with Crippen molar-refractivity contribution in [2.45, 2.75) is 25.4 Å². The molecule has 0 aliphatic carbocycles. The molecule has 0 radical (unpaired) electrons. The number of nitrogens with two attached hydrogens (primary N) is 1. The number of hydrogen-bond acceptors (Lipinski definition) is 3. The van der Waals surface area contributed by atoms with Crippen LogP contribution < -0.4 is 11.1 Å². The summed E-state index contributed by atoms with van der Waals surface area (Å²) in [5.41, 5.74) is 6.42. The summed E-state index contributed by atoms with van der Waals surface area (Å²) in [6.07, 6.45) is 2.09. The highest BCUT2D eigenvalue weighted by molar-refractivity contribution is 9.10. The molecule has 0 saturated carbocycles. The summed E-state index contributed by atoms with van der Waals surface area (Å²) >= 11 is 9.41. The number of carbonyl (C=O) groups excluding carboxylic acids is 1. The second-order valence-corrected chi connectivity index (χ2v) is 6.41. The Morgan fingerprint density at radius 2 is 2.15 bits per heavy atom. The summed E-state index contributed by atoms with van der Waals surface area (Å²) in [5.74, 6) is -0.248.